The first-order chi connectivity index (χ1) is 13.5. The minimum atomic E-state index is -0.753. The molecule has 7 heteroatoms. The van der Waals surface area contributed by atoms with Crippen molar-refractivity contribution < 1.29 is 19.1 Å². The average molecular weight is 379 g/mol. The maximum Gasteiger partial charge on any atom is 0.314 e. The van der Waals surface area contributed by atoms with Crippen LogP contribution in [0.3, 0.4) is 0 Å². The number of anilines is 3. The van der Waals surface area contributed by atoms with E-state index in [0.29, 0.717) is 30.0 Å². The molecule has 144 valence electrons. The summed E-state index contributed by atoms with van der Waals surface area (Å²) in [5.41, 5.74) is 4.13. The molecule has 7 nitrogen and oxygen atoms in total. The number of benzene rings is 2. The molecule has 0 saturated heterocycles. The number of hydrogen-bond donors (Lipinski definition) is 2. The Balaban J connectivity index is 1.50. The van der Waals surface area contributed by atoms with Gasteiger partial charge >= 0.3 is 11.8 Å². The van der Waals surface area contributed by atoms with Crippen LogP contribution in [0.4, 0.5) is 17.1 Å². The molecule has 0 bridgehead atoms. The number of rotatable bonds is 3. The molecule has 0 radical (unpaired) electrons. The first-order valence-corrected chi connectivity index (χ1v) is 9.27. The van der Waals surface area contributed by atoms with Crippen LogP contribution in [0.25, 0.3) is 0 Å². The molecular formula is C21H21N3O4. The van der Waals surface area contributed by atoms with E-state index in [9.17, 15) is 14.4 Å². The van der Waals surface area contributed by atoms with Gasteiger partial charge in [-0.25, -0.2) is 0 Å². The minimum absolute atomic E-state index is 0.155. The van der Waals surface area contributed by atoms with Gasteiger partial charge in [0.2, 0.25) is 5.91 Å². The first kappa shape index (κ1) is 18.0. The molecule has 2 N–H and O–H groups in total. The second-order valence-electron chi connectivity index (χ2n) is 6.93. The number of ether oxygens (including phenoxy) is 1. The molecule has 0 fully saturated rings. The SMILES string of the molecule is COc1cccc(NC(=O)C(=O)Nc2cc3c4c(c2)CCC(=O)N4CCC3)c1. The van der Waals surface area contributed by atoms with Gasteiger partial charge in [-0.1, -0.05) is 6.07 Å². The zero-order valence-electron chi connectivity index (χ0n) is 15.6. The molecule has 2 aromatic carbocycles. The van der Waals surface area contributed by atoms with E-state index in [1.54, 1.807) is 24.3 Å². The van der Waals surface area contributed by atoms with Gasteiger partial charge in [0.05, 0.1) is 12.8 Å². The monoisotopic (exact) mass is 379 g/mol. The van der Waals surface area contributed by atoms with Gasteiger partial charge in [0.15, 0.2) is 0 Å². The highest BCUT2D eigenvalue weighted by Crippen LogP contribution is 2.37. The lowest BCUT2D eigenvalue weighted by molar-refractivity contribution is -0.133. The van der Waals surface area contributed by atoms with Gasteiger partial charge < -0.3 is 20.3 Å². The van der Waals surface area contributed by atoms with Crippen LogP contribution in [-0.2, 0) is 27.2 Å². The van der Waals surface area contributed by atoms with E-state index in [1.165, 1.54) is 7.11 Å². The summed E-state index contributed by atoms with van der Waals surface area (Å²) in [6.45, 7) is 0.744. The summed E-state index contributed by atoms with van der Waals surface area (Å²) < 4.78 is 5.11. The predicted molar refractivity (Wildman–Crippen MR) is 106 cm³/mol. The number of nitrogens with one attached hydrogen (secondary N) is 2. The van der Waals surface area contributed by atoms with E-state index in [1.807, 2.05) is 17.0 Å². The fourth-order valence-electron chi connectivity index (χ4n) is 3.80. The zero-order chi connectivity index (χ0) is 19.7. The van der Waals surface area contributed by atoms with Crippen LogP contribution < -0.4 is 20.3 Å². The van der Waals surface area contributed by atoms with Crippen LogP contribution in [0.5, 0.6) is 5.75 Å². The first-order valence-electron chi connectivity index (χ1n) is 9.27. The van der Waals surface area contributed by atoms with Crippen molar-refractivity contribution in [3.05, 3.63) is 47.5 Å². The van der Waals surface area contributed by atoms with Crippen molar-refractivity contribution >= 4 is 34.8 Å². The lowest BCUT2D eigenvalue weighted by Crippen LogP contribution is -2.39. The van der Waals surface area contributed by atoms with Crippen LogP contribution >= 0.6 is 0 Å². The lowest BCUT2D eigenvalue weighted by Gasteiger charge is -2.35. The molecule has 0 unspecified atom stereocenters. The molecule has 0 aliphatic carbocycles. The van der Waals surface area contributed by atoms with Crippen LogP contribution in [-0.4, -0.2) is 31.4 Å². The smallest absolute Gasteiger partial charge is 0.314 e. The highest BCUT2D eigenvalue weighted by molar-refractivity contribution is 6.43. The van der Waals surface area contributed by atoms with Crippen molar-refractivity contribution in [3.63, 3.8) is 0 Å². The second kappa shape index (κ2) is 7.34. The number of amides is 3. The second-order valence-corrected chi connectivity index (χ2v) is 6.93. The van der Waals surface area contributed by atoms with Gasteiger partial charge in [0, 0.05) is 30.4 Å². The van der Waals surface area contributed by atoms with Gasteiger partial charge in [-0.2, -0.15) is 0 Å². The number of aryl methyl sites for hydroxylation is 2. The Hall–Kier alpha value is -3.35. The standard InChI is InChI=1S/C21H21N3O4/c1-28-17-6-2-5-15(12-17)22-20(26)21(27)23-16-10-13-4-3-9-24-18(25)8-7-14(11-16)19(13)24/h2,5-6,10-12H,3-4,7-9H2,1H3,(H,22,26)(H,23,27). The van der Waals surface area contributed by atoms with E-state index in [2.05, 4.69) is 10.6 Å². The Morgan fingerprint density at radius 1 is 0.964 bits per heavy atom. The fraction of sp³-hybridized carbons (Fsp3) is 0.286. The molecule has 0 saturated carbocycles. The molecule has 2 heterocycles. The van der Waals surface area contributed by atoms with Crippen molar-refractivity contribution in [1.29, 1.82) is 0 Å². The molecule has 28 heavy (non-hydrogen) atoms. The molecule has 3 amide bonds. The highest BCUT2D eigenvalue weighted by atomic mass is 16.5. The van der Waals surface area contributed by atoms with Gasteiger partial charge in [0.1, 0.15) is 5.75 Å². The predicted octanol–water partition coefficient (Wildman–Crippen LogP) is 2.50. The maximum atomic E-state index is 12.4. The van der Waals surface area contributed by atoms with E-state index < -0.39 is 11.8 Å². The van der Waals surface area contributed by atoms with Crippen LogP contribution in [0.2, 0.25) is 0 Å². The summed E-state index contributed by atoms with van der Waals surface area (Å²) in [6, 6.07) is 10.5. The molecule has 2 aliphatic rings. The third-order valence-corrected chi connectivity index (χ3v) is 5.07. The maximum absolute atomic E-state index is 12.4. The van der Waals surface area contributed by atoms with Gasteiger partial charge in [-0.3, -0.25) is 14.4 Å². The van der Waals surface area contributed by atoms with Crippen molar-refractivity contribution in [2.45, 2.75) is 25.7 Å². The number of hydrogen-bond acceptors (Lipinski definition) is 4. The molecular weight excluding hydrogens is 358 g/mol. The molecule has 4 rings (SSSR count). The summed E-state index contributed by atoms with van der Waals surface area (Å²) in [4.78, 5) is 38.6. The van der Waals surface area contributed by atoms with Crippen LogP contribution in [0, 0.1) is 0 Å². The largest absolute Gasteiger partial charge is 0.497 e. The van der Waals surface area contributed by atoms with Crippen molar-refractivity contribution in [2.75, 3.05) is 29.2 Å². The summed E-state index contributed by atoms with van der Waals surface area (Å²) in [5, 5.41) is 5.25. The molecule has 2 aromatic rings. The summed E-state index contributed by atoms with van der Waals surface area (Å²) >= 11 is 0. The Labute approximate surface area is 162 Å². The summed E-state index contributed by atoms with van der Waals surface area (Å²) in [6.07, 6.45) is 2.87. The topological polar surface area (TPSA) is 87.7 Å². The van der Waals surface area contributed by atoms with Crippen LogP contribution in [0.1, 0.15) is 24.0 Å². The molecule has 2 aliphatic heterocycles. The van der Waals surface area contributed by atoms with E-state index in [0.717, 1.165) is 36.2 Å². The van der Waals surface area contributed by atoms with E-state index in [-0.39, 0.29) is 5.91 Å². The van der Waals surface area contributed by atoms with Crippen molar-refractivity contribution in [3.8, 4) is 5.75 Å². The van der Waals surface area contributed by atoms with Gasteiger partial charge in [-0.05, 0) is 54.7 Å². The molecule has 0 aromatic heterocycles. The third kappa shape index (κ3) is 3.43. The summed E-state index contributed by atoms with van der Waals surface area (Å²) in [5.74, 6) is -0.750. The van der Waals surface area contributed by atoms with Crippen LogP contribution in [0.15, 0.2) is 36.4 Å². The van der Waals surface area contributed by atoms with Crippen molar-refractivity contribution in [1.82, 2.24) is 0 Å². The fourth-order valence-corrected chi connectivity index (χ4v) is 3.80. The number of carbonyl (C=O) groups is 3. The summed E-state index contributed by atoms with van der Waals surface area (Å²) in [7, 11) is 1.53. The van der Waals surface area contributed by atoms with Crippen molar-refractivity contribution in [2.24, 2.45) is 0 Å². The Morgan fingerprint density at radius 3 is 2.43 bits per heavy atom. The zero-order valence-corrected chi connectivity index (χ0v) is 15.6. The Bertz CT molecular complexity index is 953. The Morgan fingerprint density at radius 2 is 1.68 bits per heavy atom. The van der Waals surface area contributed by atoms with Gasteiger partial charge in [0.25, 0.3) is 0 Å². The number of methoxy groups -OCH3 is 1. The normalized spacial score (nSPS) is 14.9. The number of carbonyl (C=O) groups excluding carboxylic acids is 3. The Kier molecular flexibility index (Phi) is 4.73. The van der Waals surface area contributed by atoms with Gasteiger partial charge in [-0.15, -0.1) is 0 Å². The van der Waals surface area contributed by atoms with E-state index >= 15 is 0 Å². The molecule has 0 spiro atoms. The third-order valence-electron chi connectivity index (χ3n) is 5.07. The lowest BCUT2D eigenvalue weighted by atomic mass is 9.91. The van der Waals surface area contributed by atoms with E-state index in [4.69, 9.17) is 4.74 Å². The number of nitrogens with zero attached hydrogens (tertiary/aromatic N) is 1. The minimum Gasteiger partial charge on any atom is -0.497 e. The highest BCUT2D eigenvalue weighted by Gasteiger charge is 2.30. The average Bonchev–Trinajstić information content (AvgIpc) is 2.70. The quantitative estimate of drug-likeness (QED) is 0.802. The molecule has 0 atom stereocenters.